The fourth-order valence-corrected chi connectivity index (χ4v) is 6.08. The fraction of sp³-hybridized carbons (Fsp3) is 0.481. The summed E-state index contributed by atoms with van der Waals surface area (Å²) in [6.45, 7) is 7.33. The van der Waals surface area contributed by atoms with E-state index in [1.807, 2.05) is 12.4 Å². The van der Waals surface area contributed by atoms with Crippen LogP contribution in [0, 0.1) is 0 Å². The number of aromatic nitrogens is 4. The van der Waals surface area contributed by atoms with Crippen molar-refractivity contribution in [2.24, 2.45) is 0 Å². The first kappa shape index (κ1) is 20.9. The number of nitrogens with zero attached hydrogens (tertiary/aromatic N) is 4. The van der Waals surface area contributed by atoms with Crippen molar-refractivity contribution in [1.82, 2.24) is 29.7 Å². The van der Waals surface area contributed by atoms with E-state index in [1.54, 1.807) is 0 Å². The first-order chi connectivity index (χ1) is 16.3. The molecule has 2 aliphatic rings. The zero-order valence-electron chi connectivity index (χ0n) is 19.3. The van der Waals surface area contributed by atoms with Crippen molar-refractivity contribution < 1.29 is 0 Å². The number of hydrogen-bond acceptors (Lipinski definition) is 4. The standard InChI is InChI=1S/C27H34N6/c1-4-22-24(18-30-26(22)28-10-1)20-6-14-32(15-7-20)12-3-13-33-16-8-21(9-17-33)25-19-31-27-23(25)5-2-11-29-27/h1-2,4-5,10-11,18-21H,3,6-9,12-17H2,(H,28,30)(H,29,31). The van der Waals surface area contributed by atoms with Crippen molar-refractivity contribution in [2.45, 2.75) is 43.9 Å². The third kappa shape index (κ3) is 4.30. The number of likely N-dealkylation sites (tertiary alicyclic amines) is 2. The van der Waals surface area contributed by atoms with E-state index in [4.69, 9.17) is 0 Å². The Labute approximate surface area is 195 Å². The van der Waals surface area contributed by atoms with E-state index in [0.717, 1.165) is 11.3 Å². The van der Waals surface area contributed by atoms with Crippen molar-refractivity contribution in [2.75, 3.05) is 39.3 Å². The fourth-order valence-electron chi connectivity index (χ4n) is 6.08. The van der Waals surface area contributed by atoms with Crippen LogP contribution >= 0.6 is 0 Å². The number of aromatic amines is 2. The molecule has 0 saturated carbocycles. The smallest absolute Gasteiger partial charge is 0.137 e. The monoisotopic (exact) mass is 442 g/mol. The van der Waals surface area contributed by atoms with Gasteiger partial charge in [0, 0.05) is 35.6 Å². The number of nitrogens with one attached hydrogen (secondary N) is 2. The number of rotatable bonds is 6. The first-order valence-corrected chi connectivity index (χ1v) is 12.6. The molecule has 172 valence electrons. The van der Waals surface area contributed by atoms with Gasteiger partial charge in [-0.15, -0.1) is 0 Å². The largest absolute Gasteiger partial charge is 0.346 e. The first-order valence-electron chi connectivity index (χ1n) is 12.6. The summed E-state index contributed by atoms with van der Waals surface area (Å²) < 4.78 is 0. The molecule has 0 spiro atoms. The van der Waals surface area contributed by atoms with E-state index in [9.17, 15) is 0 Å². The predicted molar refractivity (Wildman–Crippen MR) is 134 cm³/mol. The van der Waals surface area contributed by atoms with Gasteiger partial charge < -0.3 is 19.8 Å². The number of pyridine rings is 2. The molecule has 0 amide bonds. The Hall–Kier alpha value is -2.70. The van der Waals surface area contributed by atoms with Crippen LogP contribution in [0.5, 0.6) is 0 Å². The number of H-pyrrole nitrogens is 2. The van der Waals surface area contributed by atoms with Crippen LogP contribution in [0.3, 0.4) is 0 Å². The highest BCUT2D eigenvalue weighted by atomic mass is 15.2. The highest BCUT2D eigenvalue weighted by Gasteiger charge is 2.25. The SMILES string of the molecule is c1cnc2[nH]cc(C3CCN(CCCN4CCC(c5c[nH]c6ncccc56)CC4)CC3)c2c1. The predicted octanol–water partition coefficient (Wildman–Crippen LogP) is 4.89. The van der Waals surface area contributed by atoms with Crippen LogP contribution in [-0.4, -0.2) is 69.0 Å². The molecular formula is C27H34N6. The molecule has 0 atom stereocenters. The summed E-state index contributed by atoms with van der Waals surface area (Å²) in [5.41, 5.74) is 4.98. The van der Waals surface area contributed by atoms with Crippen LogP contribution in [-0.2, 0) is 0 Å². The molecule has 2 aliphatic heterocycles. The van der Waals surface area contributed by atoms with Gasteiger partial charge >= 0.3 is 0 Å². The van der Waals surface area contributed by atoms with E-state index < -0.39 is 0 Å². The Morgan fingerprint density at radius 2 is 1.15 bits per heavy atom. The quantitative estimate of drug-likeness (QED) is 0.446. The Morgan fingerprint density at radius 3 is 1.61 bits per heavy atom. The highest BCUT2D eigenvalue weighted by Crippen LogP contribution is 2.34. The van der Waals surface area contributed by atoms with Gasteiger partial charge in [-0.05, 0) is 119 Å². The van der Waals surface area contributed by atoms with Gasteiger partial charge in [-0.25, -0.2) is 9.97 Å². The summed E-state index contributed by atoms with van der Waals surface area (Å²) in [7, 11) is 0. The normalized spacial score (nSPS) is 19.6. The maximum absolute atomic E-state index is 4.45. The minimum Gasteiger partial charge on any atom is -0.346 e. The van der Waals surface area contributed by atoms with Crippen molar-refractivity contribution in [1.29, 1.82) is 0 Å². The van der Waals surface area contributed by atoms with Gasteiger partial charge in [-0.1, -0.05) is 0 Å². The topological polar surface area (TPSA) is 63.8 Å². The van der Waals surface area contributed by atoms with Crippen LogP contribution in [0.25, 0.3) is 22.1 Å². The lowest BCUT2D eigenvalue weighted by atomic mass is 9.89. The van der Waals surface area contributed by atoms with Gasteiger partial charge in [0.15, 0.2) is 0 Å². The van der Waals surface area contributed by atoms with Crippen molar-refractivity contribution in [3.63, 3.8) is 0 Å². The summed E-state index contributed by atoms with van der Waals surface area (Å²) in [4.78, 5) is 21.0. The highest BCUT2D eigenvalue weighted by molar-refractivity contribution is 5.80. The summed E-state index contributed by atoms with van der Waals surface area (Å²) >= 11 is 0. The Balaban J connectivity index is 0.942. The van der Waals surface area contributed by atoms with Gasteiger partial charge in [0.2, 0.25) is 0 Å². The average Bonchev–Trinajstić information content (AvgIpc) is 3.50. The summed E-state index contributed by atoms with van der Waals surface area (Å²) in [6, 6.07) is 8.52. The lowest BCUT2D eigenvalue weighted by Crippen LogP contribution is -2.37. The lowest BCUT2D eigenvalue weighted by Gasteiger charge is -2.34. The van der Waals surface area contributed by atoms with Crippen LogP contribution < -0.4 is 0 Å². The van der Waals surface area contributed by atoms with Crippen LogP contribution in [0.1, 0.15) is 55.1 Å². The zero-order valence-corrected chi connectivity index (χ0v) is 19.3. The molecule has 33 heavy (non-hydrogen) atoms. The summed E-state index contributed by atoms with van der Waals surface area (Å²) in [5.74, 6) is 1.33. The maximum Gasteiger partial charge on any atom is 0.137 e. The lowest BCUT2D eigenvalue weighted by molar-refractivity contribution is 0.175. The maximum atomic E-state index is 4.45. The van der Waals surface area contributed by atoms with Gasteiger partial charge in [0.1, 0.15) is 11.3 Å². The van der Waals surface area contributed by atoms with Crippen molar-refractivity contribution in [3.05, 3.63) is 60.2 Å². The van der Waals surface area contributed by atoms with E-state index in [0.29, 0.717) is 11.8 Å². The molecule has 2 fully saturated rings. The summed E-state index contributed by atoms with van der Waals surface area (Å²) in [5, 5.41) is 2.62. The Bertz CT molecular complexity index is 1100. The van der Waals surface area contributed by atoms with Crippen LogP contribution in [0.2, 0.25) is 0 Å². The average molecular weight is 443 g/mol. The van der Waals surface area contributed by atoms with E-state index in [1.165, 1.54) is 93.3 Å². The number of piperidine rings is 2. The molecule has 2 saturated heterocycles. The molecule has 4 aromatic rings. The van der Waals surface area contributed by atoms with Gasteiger partial charge in [0.05, 0.1) is 0 Å². The van der Waals surface area contributed by atoms with E-state index in [2.05, 4.69) is 66.4 Å². The van der Waals surface area contributed by atoms with E-state index >= 15 is 0 Å². The third-order valence-electron chi connectivity index (χ3n) is 7.97. The molecule has 6 heterocycles. The molecule has 0 aliphatic carbocycles. The molecule has 0 aromatic carbocycles. The van der Waals surface area contributed by atoms with E-state index in [-0.39, 0.29) is 0 Å². The second kappa shape index (κ2) is 9.27. The zero-order chi connectivity index (χ0) is 22.0. The van der Waals surface area contributed by atoms with Crippen LogP contribution in [0.4, 0.5) is 0 Å². The van der Waals surface area contributed by atoms with Crippen molar-refractivity contribution in [3.8, 4) is 0 Å². The van der Waals surface area contributed by atoms with Crippen LogP contribution in [0.15, 0.2) is 49.1 Å². The minimum atomic E-state index is 0.665. The van der Waals surface area contributed by atoms with Gasteiger partial charge in [-0.3, -0.25) is 0 Å². The molecule has 6 nitrogen and oxygen atoms in total. The number of fused-ring (bicyclic) bond motifs is 2. The Kier molecular flexibility index (Phi) is 5.87. The molecule has 6 rings (SSSR count). The molecule has 0 radical (unpaired) electrons. The molecular weight excluding hydrogens is 408 g/mol. The third-order valence-corrected chi connectivity index (χ3v) is 7.97. The van der Waals surface area contributed by atoms with Gasteiger partial charge in [-0.2, -0.15) is 0 Å². The molecule has 0 unspecified atom stereocenters. The molecule has 6 heteroatoms. The Morgan fingerprint density at radius 1 is 0.697 bits per heavy atom. The summed E-state index contributed by atoms with van der Waals surface area (Å²) in [6.07, 6.45) is 14.4. The second-order valence-corrected chi connectivity index (χ2v) is 9.87. The van der Waals surface area contributed by atoms with Crippen molar-refractivity contribution >= 4 is 22.1 Å². The van der Waals surface area contributed by atoms with Gasteiger partial charge in [0.25, 0.3) is 0 Å². The minimum absolute atomic E-state index is 0.665. The molecule has 0 bridgehead atoms. The number of hydrogen-bond donors (Lipinski definition) is 2. The molecule has 4 aromatic heterocycles. The molecule has 2 N–H and O–H groups in total. The second-order valence-electron chi connectivity index (χ2n) is 9.87.